The SMILES string of the molecule is Cc1ccc(Cl)cc1NC(=O)NCC1(c2ccc(Cl)cc2)CC1. The number of carbonyl (C=O) groups is 1. The van der Waals surface area contributed by atoms with Crippen molar-refractivity contribution in [2.75, 3.05) is 11.9 Å². The monoisotopic (exact) mass is 348 g/mol. The van der Waals surface area contributed by atoms with Crippen LogP contribution in [0.2, 0.25) is 10.0 Å². The Morgan fingerprint density at radius 2 is 1.74 bits per heavy atom. The summed E-state index contributed by atoms with van der Waals surface area (Å²) in [6.45, 7) is 2.54. The van der Waals surface area contributed by atoms with E-state index in [2.05, 4.69) is 10.6 Å². The van der Waals surface area contributed by atoms with Crippen molar-refractivity contribution >= 4 is 34.9 Å². The summed E-state index contributed by atoms with van der Waals surface area (Å²) in [6, 6.07) is 13.1. The van der Waals surface area contributed by atoms with Crippen LogP contribution in [0.4, 0.5) is 10.5 Å². The standard InChI is InChI=1S/C18H18Cl2N2O/c1-12-2-5-15(20)10-16(12)22-17(23)21-11-18(8-9-18)13-3-6-14(19)7-4-13/h2-7,10H,8-9,11H2,1H3,(H2,21,22,23). The molecule has 0 aromatic heterocycles. The topological polar surface area (TPSA) is 41.1 Å². The summed E-state index contributed by atoms with van der Waals surface area (Å²) in [5.41, 5.74) is 2.97. The second kappa shape index (κ2) is 6.42. The van der Waals surface area contributed by atoms with Crippen molar-refractivity contribution in [3.63, 3.8) is 0 Å². The lowest BCUT2D eigenvalue weighted by atomic mass is 9.96. The van der Waals surface area contributed by atoms with Crippen LogP contribution >= 0.6 is 23.2 Å². The predicted molar refractivity (Wildman–Crippen MR) is 95.6 cm³/mol. The molecule has 1 aliphatic rings. The van der Waals surface area contributed by atoms with Gasteiger partial charge in [-0.3, -0.25) is 0 Å². The molecule has 0 saturated heterocycles. The van der Waals surface area contributed by atoms with Crippen LogP contribution in [0, 0.1) is 6.92 Å². The third kappa shape index (κ3) is 3.80. The Morgan fingerprint density at radius 1 is 1.09 bits per heavy atom. The zero-order chi connectivity index (χ0) is 16.4. The van der Waals surface area contributed by atoms with E-state index in [-0.39, 0.29) is 11.4 Å². The summed E-state index contributed by atoms with van der Waals surface area (Å²) in [5.74, 6) is 0. The molecule has 2 aromatic rings. The number of nitrogens with one attached hydrogen (secondary N) is 2. The first-order valence-electron chi connectivity index (χ1n) is 7.56. The largest absolute Gasteiger partial charge is 0.337 e. The predicted octanol–water partition coefficient (Wildman–Crippen LogP) is 5.16. The normalized spacial score (nSPS) is 15.1. The molecular formula is C18H18Cl2N2O. The molecule has 120 valence electrons. The smallest absolute Gasteiger partial charge is 0.319 e. The highest BCUT2D eigenvalue weighted by Crippen LogP contribution is 2.47. The second-order valence-electron chi connectivity index (χ2n) is 6.05. The fraction of sp³-hybridized carbons (Fsp3) is 0.278. The van der Waals surface area contributed by atoms with Gasteiger partial charge < -0.3 is 10.6 Å². The highest BCUT2D eigenvalue weighted by Gasteiger charge is 2.44. The van der Waals surface area contributed by atoms with Crippen molar-refractivity contribution in [3.8, 4) is 0 Å². The maximum absolute atomic E-state index is 12.1. The van der Waals surface area contributed by atoms with Crippen LogP contribution in [0.1, 0.15) is 24.0 Å². The van der Waals surface area contributed by atoms with Crippen molar-refractivity contribution in [2.45, 2.75) is 25.2 Å². The van der Waals surface area contributed by atoms with Crippen LogP contribution in [0.25, 0.3) is 0 Å². The lowest BCUT2D eigenvalue weighted by Crippen LogP contribution is -2.35. The molecule has 0 aliphatic heterocycles. The number of carbonyl (C=O) groups excluding carboxylic acids is 1. The molecule has 1 saturated carbocycles. The zero-order valence-electron chi connectivity index (χ0n) is 12.8. The summed E-state index contributed by atoms with van der Waals surface area (Å²) in [5, 5.41) is 7.15. The number of hydrogen-bond acceptors (Lipinski definition) is 1. The fourth-order valence-corrected chi connectivity index (χ4v) is 2.96. The number of anilines is 1. The summed E-state index contributed by atoms with van der Waals surface area (Å²) in [6.07, 6.45) is 2.15. The molecule has 0 radical (unpaired) electrons. The van der Waals surface area contributed by atoms with E-state index in [0.717, 1.165) is 29.1 Å². The first kappa shape index (κ1) is 16.2. The molecule has 2 aromatic carbocycles. The minimum Gasteiger partial charge on any atom is -0.337 e. The van der Waals surface area contributed by atoms with E-state index in [1.165, 1.54) is 5.56 Å². The summed E-state index contributed by atoms with van der Waals surface area (Å²) in [4.78, 5) is 12.1. The Kier molecular flexibility index (Phi) is 4.51. The van der Waals surface area contributed by atoms with Gasteiger partial charge in [-0.15, -0.1) is 0 Å². The van der Waals surface area contributed by atoms with E-state index >= 15 is 0 Å². The van der Waals surface area contributed by atoms with Gasteiger partial charge in [0.05, 0.1) is 0 Å². The lowest BCUT2D eigenvalue weighted by Gasteiger charge is -2.17. The molecule has 5 heteroatoms. The van der Waals surface area contributed by atoms with Crippen molar-refractivity contribution in [2.24, 2.45) is 0 Å². The maximum atomic E-state index is 12.1. The first-order valence-corrected chi connectivity index (χ1v) is 8.31. The molecule has 1 aliphatic carbocycles. The Hall–Kier alpha value is -1.71. The summed E-state index contributed by atoms with van der Waals surface area (Å²) in [7, 11) is 0. The minimum absolute atomic E-state index is 0.0469. The molecule has 0 atom stereocenters. The highest BCUT2D eigenvalue weighted by molar-refractivity contribution is 6.31. The number of aryl methyl sites for hydroxylation is 1. The van der Waals surface area contributed by atoms with Crippen molar-refractivity contribution < 1.29 is 4.79 Å². The molecule has 2 amide bonds. The highest BCUT2D eigenvalue weighted by atomic mass is 35.5. The van der Waals surface area contributed by atoms with E-state index in [1.54, 1.807) is 12.1 Å². The second-order valence-corrected chi connectivity index (χ2v) is 6.93. The van der Waals surface area contributed by atoms with Gasteiger partial charge in [-0.1, -0.05) is 41.4 Å². The zero-order valence-corrected chi connectivity index (χ0v) is 14.3. The molecule has 1 fully saturated rings. The van der Waals surface area contributed by atoms with E-state index < -0.39 is 0 Å². The molecule has 0 bridgehead atoms. The maximum Gasteiger partial charge on any atom is 0.319 e. The molecule has 3 rings (SSSR count). The Labute approximate surface area is 146 Å². The van der Waals surface area contributed by atoms with Gasteiger partial charge in [-0.2, -0.15) is 0 Å². The van der Waals surface area contributed by atoms with Gasteiger partial charge in [0, 0.05) is 27.7 Å². The van der Waals surface area contributed by atoms with E-state index in [1.807, 2.05) is 37.3 Å². The minimum atomic E-state index is -0.212. The van der Waals surface area contributed by atoms with E-state index in [9.17, 15) is 4.79 Å². The quantitative estimate of drug-likeness (QED) is 0.787. The average molecular weight is 349 g/mol. The van der Waals surface area contributed by atoms with Crippen molar-refractivity contribution in [3.05, 3.63) is 63.6 Å². The van der Waals surface area contributed by atoms with Crippen molar-refractivity contribution in [1.29, 1.82) is 0 Å². The first-order chi connectivity index (χ1) is 11.0. The van der Waals surface area contributed by atoms with Gasteiger partial charge in [0.1, 0.15) is 0 Å². The number of urea groups is 1. The van der Waals surface area contributed by atoms with Crippen LogP contribution < -0.4 is 10.6 Å². The molecule has 0 spiro atoms. The Morgan fingerprint density at radius 3 is 2.39 bits per heavy atom. The summed E-state index contributed by atoms with van der Waals surface area (Å²) >= 11 is 11.9. The van der Waals surface area contributed by atoms with E-state index in [4.69, 9.17) is 23.2 Å². The summed E-state index contributed by atoms with van der Waals surface area (Å²) < 4.78 is 0. The van der Waals surface area contributed by atoms with Gasteiger partial charge in [0.25, 0.3) is 0 Å². The van der Waals surface area contributed by atoms with Crippen LogP contribution in [-0.4, -0.2) is 12.6 Å². The van der Waals surface area contributed by atoms with Gasteiger partial charge in [-0.25, -0.2) is 4.79 Å². The van der Waals surface area contributed by atoms with Crippen LogP contribution in [0.5, 0.6) is 0 Å². The molecule has 0 heterocycles. The number of amides is 2. The van der Waals surface area contributed by atoms with Crippen LogP contribution in [-0.2, 0) is 5.41 Å². The number of rotatable bonds is 4. The van der Waals surface area contributed by atoms with Crippen LogP contribution in [0.3, 0.4) is 0 Å². The Bertz CT molecular complexity index is 724. The lowest BCUT2D eigenvalue weighted by molar-refractivity contribution is 0.251. The number of benzene rings is 2. The van der Waals surface area contributed by atoms with Gasteiger partial charge in [0.15, 0.2) is 0 Å². The number of hydrogen-bond donors (Lipinski definition) is 2. The molecule has 2 N–H and O–H groups in total. The Balaban J connectivity index is 1.61. The number of halogens is 2. The van der Waals surface area contributed by atoms with Gasteiger partial charge >= 0.3 is 6.03 Å². The fourth-order valence-electron chi connectivity index (χ4n) is 2.67. The van der Waals surface area contributed by atoms with E-state index in [0.29, 0.717) is 11.6 Å². The van der Waals surface area contributed by atoms with Gasteiger partial charge in [0.2, 0.25) is 0 Å². The molecule has 3 nitrogen and oxygen atoms in total. The van der Waals surface area contributed by atoms with Crippen molar-refractivity contribution in [1.82, 2.24) is 5.32 Å². The molecular weight excluding hydrogens is 331 g/mol. The van der Waals surface area contributed by atoms with Gasteiger partial charge in [-0.05, 0) is 55.2 Å². The molecule has 0 unspecified atom stereocenters. The average Bonchev–Trinajstić information content (AvgIpc) is 3.31. The van der Waals surface area contributed by atoms with Crippen LogP contribution in [0.15, 0.2) is 42.5 Å². The third-order valence-corrected chi connectivity index (χ3v) is 4.83. The third-order valence-electron chi connectivity index (χ3n) is 4.35. The molecule has 23 heavy (non-hydrogen) atoms.